The molecular formula is C15H18N2O2. The van der Waals surface area contributed by atoms with Crippen LogP contribution in [0.25, 0.3) is 0 Å². The van der Waals surface area contributed by atoms with Crippen molar-refractivity contribution in [1.82, 2.24) is 4.90 Å². The largest absolute Gasteiger partial charge is 0.493 e. The molecule has 1 aliphatic rings. The highest BCUT2D eigenvalue weighted by molar-refractivity contribution is 5.98. The Bertz CT molecular complexity index is 505. The van der Waals surface area contributed by atoms with Crippen LogP contribution in [-0.4, -0.2) is 36.9 Å². The van der Waals surface area contributed by atoms with Crippen molar-refractivity contribution in [2.45, 2.75) is 19.8 Å². The van der Waals surface area contributed by atoms with Crippen molar-refractivity contribution in [3.8, 4) is 11.8 Å². The van der Waals surface area contributed by atoms with Crippen LogP contribution in [0.4, 0.5) is 0 Å². The third kappa shape index (κ3) is 3.33. The number of fused-ring (bicyclic) bond motifs is 1. The van der Waals surface area contributed by atoms with Crippen LogP contribution >= 0.6 is 0 Å². The number of carbonyl (C=O) groups is 1. The normalized spacial score (nSPS) is 12.9. The zero-order chi connectivity index (χ0) is 13.7. The van der Waals surface area contributed by atoms with Crippen LogP contribution in [0.3, 0.4) is 0 Å². The summed E-state index contributed by atoms with van der Waals surface area (Å²) in [6, 6.07) is 7.74. The highest BCUT2D eigenvalue weighted by Crippen LogP contribution is 2.26. The number of ketones is 1. The van der Waals surface area contributed by atoms with Gasteiger partial charge in [0.1, 0.15) is 5.75 Å². The molecule has 0 radical (unpaired) electrons. The van der Waals surface area contributed by atoms with Gasteiger partial charge in [0.05, 0.1) is 19.2 Å². The molecule has 0 N–H and O–H groups in total. The van der Waals surface area contributed by atoms with E-state index in [1.807, 2.05) is 30.0 Å². The molecule has 1 heterocycles. The Labute approximate surface area is 113 Å². The topological polar surface area (TPSA) is 53.3 Å². The molecule has 19 heavy (non-hydrogen) atoms. The molecule has 0 aliphatic carbocycles. The maximum atomic E-state index is 12.2. The zero-order valence-electron chi connectivity index (χ0n) is 11.2. The first-order chi connectivity index (χ1) is 9.24. The van der Waals surface area contributed by atoms with E-state index in [1.165, 1.54) is 0 Å². The summed E-state index contributed by atoms with van der Waals surface area (Å²) in [4.78, 5) is 14.2. The van der Waals surface area contributed by atoms with E-state index in [9.17, 15) is 4.79 Å². The molecule has 4 nitrogen and oxygen atoms in total. The number of nitrogens with zero attached hydrogens (tertiary/aromatic N) is 2. The lowest BCUT2D eigenvalue weighted by atomic mass is 10.1. The molecule has 0 bridgehead atoms. The number of hydrogen-bond donors (Lipinski definition) is 0. The van der Waals surface area contributed by atoms with Gasteiger partial charge in [0.25, 0.3) is 0 Å². The first-order valence-electron chi connectivity index (χ1n) is 6.63. The van der Waals surface area contributed by atoms with Crippen LogP contribution in [0.1, 0.15) is 29.3 Å². The van der Waals surface area contributed by atoms with Crippen molar-refractivity contribution in [3.05, 3.63) is 29.3 Å². The first kappa shape index (κ1) is 13.6. The van der Waals surface area contributed by atoms with Crippen LogP contribution in [0, 0.1) is 11.3 Å². The highest BCUT2D eigenvalue weighted by Gasteiger charge is 2.16. The number of Topliss-reactive ketones (excluding diaryl/α,β-unsaturated/α-hetero) is 1. The minimum absolute atomic E-state index is 0.106. The van der Waals surface area contributed by atoms with Crippen molar-refractivity contribution in [1.29, 1.82) is 5.26 Å². The molecule has 0 amide bonds. The molecule has 1 aromatic carbocycles. The second kappa shape index (κ2) is 6.35. The van der Waals surface area contributed by atoms with Crippen LogP contribution < -0.4 is 4.74 Å². The molecule has 0 saturated carbocycles. The number of ether oxygens (including phenoxy) is 1. The third-order valence-corrected chi connectivity index (χ3v) is 3.37. The van der Waals surface area contributed by atoms with E-state index >= 15 is 0 Å². The lowest BCUT2D eigenvalue weighted by Gasteiger charge is -2.17. The molecule has 1 aromatic rings. The number of hydrogen-bond acceptors (Lipinski definition) is 4. The fourth-order valence-corrected chi connectivity index (χ4v) is 2.21. The van der Waals surface area contributed by atoms with Crippen molar-refractivity contribution >= 4 is 5.78 Å². The smallest absolute Gasteiger partial charge is 0.176 e. The maximum absolute atomic E-state index is 12.2. The maximum Gasteiger partial charge on any atom is 0.176 e. The summed E-state index contributed by atoms with van der Waals surface area (Å²) in [6.07, 6.45) is 1.33. The van der Waals surface area contributed by atoms with Gasteiger partial charge in [0.2, 0.25) is 0 Å². The third-order valence-electron chi connectivity index (χ3n) is 3.37. The van der Waals surface area contributed by atoms with Crippen LogP contribution in [0.15, 0.2) is 18.2 Å². The van der Waals surface area contributed by atoms with E-state index in [4.69, 9.17) is 10.00 Å². The van der Waals surface area contributed by atoms with E-state index in [-0.39, 0.29) is 5.78 Å². The van der Waals surface area contributed by atoms with E-state index in [2.05, 4.69) is 6.07 Å². The summed E-state index contributed by atoms with van der Waals surface area (Å²) < 4.78 is 5.43. The summed E-state index contributed by atoms with van der Waals surface area (Å²) in [5.41, 5.74) is 1.85. The molecule has 2 rings (SSSR count). The second-order valence-corrected chi connectivity index (χ2v) is 4.62. The van der Waals surface area contributed by atoms with Crippen LogP contribution in [0.2, 0.25) is 0 Å². The number of likely N-dealkylation sites (N-methyl/N-ethyl adjacent to an activating group) is 1. The van der Waals surface area contributed by atoms with Crippen LogP contribution in [-0.2, 0) is 6.42 Å². The number of benzene rings is 1. The zero-order valence-corrected chi connectivity index (χ0v) is 11.2. The lowest BCUT2D eigenvalue weighted by molar-refractivity contribution is 0.0935. The number of nitriles is 1. The van der Waals surface area contributed by atoms with Gasteiger partial charge in [-0.1, -0.05) is 6.92 Å². The van der Waals surface area contributed by atoms with Crippen molar-refractivity contribution in [2.75, 3.05) is 26.2 Å². The Morgan fingerprint density at radius 2 is 2.37 bits per heavy atom. The van der Waals surface area contributed by atoms with Gasteiger partial charge in [-0.05, 0) is 30.3 Å². The average molecular weight is 258 g/mol. The van der Waals surface area contributed by atoms with Gasteiger partial charge < -0.3 is 4.74 Å². The first-order valence-corrected chi connectivity index (χ1v) is 6.63. The minimum atomic E-state index is 0.106. The molecule has 100 valence electrons. The number of carbonyl (C=O) groups excluding carboxylic acids is 1. The van der Waals surface area contributed by atoms with E-state index in [0.717, 1.165) is 29.8 Å². The average Bonchev–Trinajstić information content (AvgIpc) is 2.90. The van der Waals surface area contributed by atoms with Gasteiger partial charge in [-0.15, -0.1) is 0 Å². The van der Waals surface area contributed by atoms with Gasteiger partial charge in [-0.25, -0.2) is 0 Å². The molecule has 0 fully saturated rings. The van der Waals surface area contributed by atoms with E-state index in [0.29, 0.717) is 26.1 Å². The molecule has 1 aliphatic heterocycles. The Morgan fingerprint density at radius 1 is 1.53 bits per heavy atom. The SMILES string of the molecule is CCN(CCC#N)CC(=O)c1ccc2c(c1)CCO2. The summed E-state index contributed by atoms with van der Waals surface area (Å²) in [5, 5.41) is 8.59. The molecule has 0 unspecified atom stereocenters. The van der Waals surface area contributed by atoms with Gasteiger partial charge in [0, 0.05) is 24.9 Å². The van der Waals surface area contributed by atoms with E-state index in [1.54, 1.807) is 0 Å². The summed E-state index contributed by atoms with van der Waals surface area (Å²) in [6.45, 7) is 4.50. The quantitative estimate of drug-likeness (QED) is 0.733. The summed E-state index contributed by atoms with van der Waals surface area (Å²) in [5.74, 6) is 1.00. The standard InChI is InChI=1S/C15H18N2O2/c1-2-17(8-3-7-16)11-14(18)12-4-5-15-13(10-12)6-9-19-15/h4-5,10H,2-3,6,8-9,11H2,1H3. The Morgan fingerprint density at radius 3 is 3.11 bits per heavy atom. The predicted octanol–water partition coefficient (Wildman–Crippen LogP) is 2.04. The number of rotatable bonds is 6. The van der Waals surface area contributed by atoms with Crippen molar-refractivity contribution in [2.24, 2.45) is 0 Å². The van der Waals surface area contributed by atoms with E-state index < -0.39 is 0 Å². The Balaban J connectivity index is 2.01. The van der Waals surface area contributed by atoms with Crippen molar-refractivity contribution < 1.29 is 9.53 Å². The Hall–Kier alpha value is -1.86. The summed E-state index contributed by atoms with van der Waals surface area (Å²) >= 11 is 0. The predicted molar refractivity (Wildman–Crippen MR) is 72.3 cm³/mol. The molecule has 4 heteroatoms. The van der Waals surface area contributed by atoms with Crippen molar-refractivity contribution in [3.63, 3.8) is 0 Å². The minimum Gasteiger partial charge on any atom is -0.493 e. The van der Waals surface area contributed by atoms with Gasteiger partial charge in [0.15, 0.2) is 5.78 Å². The van der Waals surface area contributed by atoms with Gasteiger partial charge in [-0.2, -0.15) is 5.26 Å². The van der Waals surface area contributed by atoms with Gasteiger partial charge >= 0.3 is 0 Å². The molecule has 0 atom stereocenters. The monoisotopic (exact) mass is 258 g/mol. The molecule has 0 aromatic heterocycles. The van der Waals surface area contributed by atoms with Crippen LogP contribution in [0.5, 0.6) is 5.75 Å². The summed E-state index contributed by atoms with van der Waals surface area (Å²) in [7, 11) is 0. The highest BCUT2D eigenvalue weighted by atomic mass is 16.5. The van der Waals surface area contributed by atoms with Gasteiger partial charge in [-0.3, -0.25) is 9.69 Å². The fourth-order valence-electron chi connectivity index (χ4n) is 2.21. The Kier molecular flexibility index (Phi) is 4.53. The second-order valence-electron chi connectivity index (χ2n) is 4.62. The molecular weight excluding hydrogens is 240 g/mol. The fraction of sp³-hybridized carbons (Fsp3) is 0.467. The lowest BCUT2D eigenvalue weighted by Crippen LogP contribution is -2.30. The molecule has 0 saturated heterocycles. The molecule has 0 spiro atoms.